The minimum absolute atomic E-state index is 0.0829. The summed E-state index contributed by atoms with van der Waals surface area (Å²) in [7, 11) is -9.94. The molecule has 5 unspecified atom stereocenters. The van der Waals surface area contributed by atoms with Crippen LogP contribution in [-0.2, 0) is 65.4 Å². The SMILES string of the molecule is CC/C=C\C/C=C\C/C=C\C/C=C\CCCCCCCCC(=O)OCC(COP(=O)(O)OCC(O)COP(=O)(O)OCC(COC(=O)CCCCCCCCC/C=C\C/C=C\C/C=C\CC)OC(=O)CCCCCCC/C=C\CCCC)OC(=O)CCCCCCCCCCCCC. The zero-order chi connectivity index (χ0) is 71.8. The Morgan fingerprint density at radius 2 is 0.541 bits per heavy atom. The number of aliphatic hydroxyl groups is 1. The highest BCUT2D eigenvalue weighted by molar-refractivity contribution is 7.47. The van der Waals surface area contributed by atoms with Gasteiger partial charge in [-0.25, -0.2) is 9.13 Å². The summed E-state index contributed by atoms with van der Waals surface area (Å²) in [5.74, 6) is -2.19. The van der Waals surface area contributed by atoms with Crippen LogP contribution < -0.4 is 0 Å². The first-order chi connectivity index (χ1) is 47.7. The topological polar surface area (TPSA) is 237 Å². The van der Waals surface area contributed by atoms with Gasteiger partial charge >= 0.3 is 39.5 Å². The van der Waals surface area contributed by atoms with E-state index in [4.69, 9.17) is 37.0 Å². The third-order valence-corrected chi connectivity index (χ3v) is 17.9. The molecule has 3 N–H and O–H groups in total. The number of phosphoric acid groups is 2. The maximum absolute atomic E-state index is 13.1. The number of unbranched alkanes of at least 4 members (excludes halogenated alkanes) is 30. The number of hydrogen-bond donors (Lipinski definition) is 3. The van der Waals surface area contributed by atoms with Crippen molar-refractivity contribution in [2.24, 2.45) is 0 Å². The van der Waals surface area contributed by atoms with E-state index in [9.17, 15) is 43.2 Å². The summed E-state index contributed by atoms with van der Waals surface area (Å²) in [6.45, 7) is 4.59. The minimum atomic E-state index is -4.97. The van der Waals surface area contributed by atoms with Gasteiger partial charge in [0.1, 0.15) is 19.3 Å². The largest absolute Gasteiger partial charge is 0.472 e. The Labute approximate surface area is 595 Å². The van der Waals surface area contributed by atoms with Gasteiger partial charge in [0, 0.05) is 25.7 Å². The molecule has 566 valence electrons. The first-order valence-corrected chi connectivity index (χ1v) is 41.5. The van der Waals surface area contributed by atoms with Gasteiger partial charge in [-0.1, -0.05) is 279 Å². The van der Waals surface area contributed by atoms with E-state index < -0.39 is 97.5 Å². The second-order valence-corrected chi connectivity index (χ2v) is 28.4. The predicted molar refractivity (Wildman–Crippen MR) is 399 cm³/mol. The number of allylic oxidation sites excluding steroid dienone is 16. The molecule has 5 atom stereocenters. The van der Waals surface area contributed by atoms with E-state index in [0.29, 0.717) is 25.7 Å². The molecule has 0 aliphatic rings. The Bertz CT molecular complexity index is 2240. The number of phosphoric ester groups is 2. The molecule has 0 aromatic heterocycles. The highest BCUT2D eigenvalue weighted by Crippen LogP contribution is 2.45. The Morgan fingerprint density at radius 1 is 0.296 bits per heavy atom. The normalized spacial score (nSPS) is 14.5. The van der Waals surface area contributed by atoms with Gasteiger partial charge in [-0.05, 0) is 116 Å². The molecule has 0 heterocycles. The summed E-state index contributed by atoms with van der Waals surface area (Å²) in [6.07, 6.45) is 74.0. The first kappa shape index (κ1) is 94.0. The maximum Gasteiger partial charge on any atom is 0.472 e. The van der Waals surface area contributed by atoms with Crippen molar-refractivity contribution in [1.29, 1.82) is 0 Å². The van der Waals surface area contributed by atoms with Crippen molar-refractivity contribution < 1.29 is 80.2 Å². The number of hydrogen-bond acceptors (Lipinski definition) is 15. The molecule has 17 nitrogen and oxygen atoms in total. The Balaban J connectivity index is 5.27. The molecule has 0 aliphatic heterocycles. The number of rotatable bonds is 72. The number of carbonyl (C=O) groups excluding carboxylic acids is 4. The van der Waals surface area contributed by atoms with E-state index in [1.165, 1.54) is 51.4 Å². The average molecular weight is 1420 g/mol. The van der Waals surface area contributed by atoms with Gasteiger partial charge < -0.3 is 33.8 Å². The predicted octanol–water partition coefficient (Wildman–Crippen LogP) is 22.0. The van der Waals surface area contributed by atoms with E-state index in [1.807, 2.05) is 0 Å². The molecule has 0 aliphatic carbocycles. The summed E-state index contributed by atoms with van der Waals surface area (Å²) < 4.78 is 68.4. The second-order valence-electron chi connectivity index (χ2n) is 25.5. The Hall–Kier alpha value is -4.02. The van der Waals surface area contributed by atoms with Gasteiger partial charge in [-0.3, -0.25) is 37.3 Å². The fourth-order valence-electron chi connectivity index (χ4n) is 10.2. The molecule has 19 heteroatoms. The molecule has 0 saturated carbocycles. The molecule has 0 radical (unpaired) electrons. The van der Waals surface area contributed by atoms with Crippen LogP contribution in [-0.4, -0.2) is 96.7 Å². The van der Waals surface area contributed by atoms with Gasteiger partial charge in [-0.2, -0.15) is 0 Å². The molecule has 0 bridgehead atoms. The molecule has 98 heavy (non-hydrogen) atoms. The maximum atomic E-state index is 13.1. The van der Waals surface area contributed by atoms with Crippen molar-refractivity contribution in [3.8, 4) is 0 Å². The van der Waals surface area contributed by atoms with Crippen LogP contribution in [0.2, 0.25) is 0 Å². The highest BCUT2D eigenvalue weighted by Gasteiger charge is 2.30. The zero-order valence-corrected chi connectivity index (χ0v) is 63.5. The van der Waals surface area contributed by atoms with Crippen LogP contribution in [0.15, 0.2) is 97.2 Å². The van der Waals surface area contributed by atoms with Crippen LogP contribution in [0.3, 0.4) is 0 Å². The lowest BCUT2D eigenvalue weighted by molar-refractivity contribution is -0.161. The van der Waals surface area contributed by atoms with Crippen molar-refractivity contribution in [3.05, 3.63) is 97.2 Å². The lowest BCUT2D eigenvalue weighted by Gasteiger charge is -2.21. The third-order valence-electron chi connectivity index (χ3n) is 16.0. The standard InChI is InChI=1S/C79H138O17P2/c1-5-9-13-17-21-25-29-31-33-35-36-38-40-42-46-48-52-56-60-64-77(82)90-70-75(96-79(84)66-62-58-54-50-44-28-24-20-16-12-8-4)72-94-98(87,88)92-68-73(80)67-91-97(85,86)93-71-74(95-78(83)65-61-57-53-49-43-27-23-19-15-11-7-3)69-89-76(81)63-59-55-51-47-45-41-39-37-34-32-30-26-22-18-14-10-6-2/h9-10,13-14,19,21-23,25-26,31-34,36,38,73-75,80H,5-8,11-12,15-18,20,24,27-30,35,37,39-72H2,1-4H3,(H,85,86)(H,87,88)/b13-9-,14-10-,23-19-,25-21-,26-22-,33-31-,34-32-,38-36-. The number of ether oxygens (including phenoxy) is 4. The molecule has 0 fully saturated rings. The van der Waals surface area contributed by atoms with Crippen LogP contribution in [0.5, 0.6) is 0 Å². The van der Waals surface area contributed by atoms with Crippen LogP contribution in [0.4, 0.5) is 0 Å². The summed E-state index contributed by atoms with van der Waals surface area (Å²) >= 11 is 0. The lowest BCUT2D eigenvalue weighted by Crippen LogP contribution is -2.30. The van der Waals surface area contributed by atoms with Crippen LogP contribution in [0.25, 0.3) is 0 Å². The van der Waals surface area contributed by atoms with Crippen LogP contribution in [0.1, 0.15) is 323 Å². The molecule has 0 amide bonds. The Kier molecular flexibility index (Phi) is 68.4. The quantitative estimate of drug-likeness (QED) is 0.0169. The highest BCUT2D eigenvalue weighted by atomic mass is 31.2. The fourth-order valence-corrected chi connectivity index (χ4v) is 11.8. The van der Waals surface area contributed by atoms with E-state index >= 15 is 0 Å². The summed E-state index contributed by atoms with van der Waals surface area (Å²) in [5, 5.41) is 10.6. The van der Waals surface area contributed by atoms with E-state index in [-0.39, 0.29) is 25.7 Å². The number of aliphatic hydroxyl groups excluding tert-OH is 1. The summed E-state index contributed by atoms with van der Waals surface area (Å²) in [5.41, 5.74) is 0. The van der Waals surface area contributed by atoms with E-state index in [0.717, 1.165) is 193 Å². The van der Waals surface area contributed by atoms with Crippen molar-refractivity contribution in [1.82, 2.24) is 0 Å². The van der Waals surface area contributed by atoms with Crippen LogP contribution in [0, 0.1) is 0 Å². The number of carbonyl (C=O) groups is 4. The Morgan fingerprint density at radius 3 is 0.857 bits per heavy atom. The first-order valence-electron chi connectivity index (χ1n) is 38.5. The second kappa shape index (κ2) is 71.4. The monoisotopic (exact) mass is 1420 g/mol. The van der Waals surface area contributed by atoms with E-state index in [2.05, 4.69) is 125 Å². The zero-order valence-electron chi connectivity index (χ0n) is 61.7. The third kappa shape index (κ3) is 70.4. The summed E-state index contributed by atoms with van der Waals surface area (Å²) in [4.78, 5) is 72.8. The minimum Gasteiger partial charge on any atom is -0.462 e. The summed E-state index contributed by atoms with van der Waals surface area (Å²) in [6, 6.07) is 0. The van der Waals surface area contributed by atoms with Crippen molar-refractivity contribution in [3.63, 3.8) is 0 Å². The van der Waals surface area contributed by atoms with Gasteiger partial charge in [0.25, 0.3) is 0 Å². The number of esters is 4. The molecule has 0 aromatic carbocycles. The van der Waals surface area contributed by atoms with Gasteiger partial charge in [0.15, 0.2) is 12.2 Å². The average Bonchev–Trinajstić information content (AvgIpc) is 1.03. The molecule has 0 rings (SSSR count). The lowest BCUT2D eigenvalue weighted by atomic mass is 10.1. The van der Waals surface area contributed by atoms with Crippen molar-refractivity contribution in [2.75, 3.05) is 39.6 Å². The van der Waals surface area contributed by atoms with Crippen molar-refractivity contribution in [2.45, 2.75) is 341 Å². The van der Waals surface area contributed by atoms with Gasteiger partial charge in [0.05, 0.1) is 26.4 Å². The fraction of sp³-hybridized carbons (Fsp3) is 0.747. The smallest absolute Gasteiger partial charge is 0.462 e. The molecular weight excluding hydrogens is 1280 g/mol. The molecular formula is C79H138O17P2. The van der Waals surface area contributed by atoms with E-state index in [1.54, 1.807) is 0 Å². The molecule has 0 aromatic rings. The van der Waals surface area contributed by atoms with Gasteiger partial charge in [-0.15, -0.1) is 0 Å². The van der Waals surface area contributed by atoms with Crippen LogP contribution >= 0.6 is 15.6 Å². The molecule has 0 saturated heterocycles. The van der Waals surface area contributed by atoms with Gasteiger partial charge in [0.2, 0.25) is 0 Å². The molecule has 0 spiro atoms. The van der Waals surface area contributed by atoms with Crippen molar-refractivity contribution >= 4 is 39.5 Å².